The summed E-state index contributed by atoms with van der Waals surface area (Å²) in [6, 6.07) is 0.538. The van der Waals surface area contributed by atoms with E-state index in [4.69, 9.17) is 10.5 Å². The molecule has 1 fully saturated rings. The van der Waals surface area contributed by atoms with E-state index in [2.05, 4.69) is 30.7 Å². The fourth-order valence-corrected chi connectivity index (χ4v) is 2.76. The summed E-state index contributed by atoms with van der Waals surface area (Å²) in [5.41, 5.74) is 5.96. The molecule has 1 heterocycles. The van der Waals surface area contributed by atoms with Gasteiger partial charge in [-0.3, -0.25) is 4.90 Å². The van der Waals surface area contributed by atoms with Crippen LogP contribution in [0.4, 0.5) is 0 Å². The topological polar surface area (TPSA) is 41.7 Å². The van der Waals surface area contributed by atoms with Crippen LogP contribution in [-0.4, -0.2) is 67.8 Å². The van der Waals surface area contributed by atoms with E-state index in [-0.39, 0.29) is 5.54 Å². The van der Waals surface area contributed by atoms with Crippen molar-refractivity contribution < 1.29 is 4.74 Å². The molecule has 4 nitrogen and oxygen atoms in total. The molecule has 0 saturated carbocycles. The first-order valence-corrected chi connectivity index (χ1v) is 6.76. The largest absolute Gasteiger partial charge is 0.380 e. The molecule has 2 N–H and O–H groups in total. The smallest absolute Gasteiger partial charge is 0.0660 e. The van der Waals surface area contributed by atoms with E-state index < -0.39 is 0 Å². The quantitative estimate of drug-likeness (QED) is 0.774. The van der Waals surface area contributed by atoms with Crippen molar-refractivity contribution >= 4 is 0 Å². The van der Waals surface area contributed by atoms with E-state index >= 15 is 0 Å². The molecule has 17 heavy (non-hydrogen) atoms. The molecular weight excluding hydrogens is 214 g/mol. The van der Waals surface area contributed by atoms with Crippen molar-refractivity contribution in [3.63, 3.8) is 0 Å². The van der Waals surface area contributed by atoms with E-state index in [0.29, 0.717) is 12.6 Å². The Morgan fingerprint density at radius 3 is 2.71 bits per heavy atom. The average molecular weight is 243 g/mol. The van der Waals surface area contributed by atoms with Crippen LogP contribution in [0.3, 0.4) is 0 Å². The van der Waals surface area contributed by atoms with Gasteiger partial charge in [-0.2, -0.15) is 0 Å². The highest BCUT2D eigenvalue weighted by Crippen LogP contribution is 2.21. The van der Waals surface area contributed by atoms with Crippen molar-refractivity contribution in [2.24, 2.45) is 5.73 Å². The first-order chi connectivity index (χ1) is 8.03. The highest BCUT2D eigenvalue weighted by Gasteiger charge is 2.35. The average Bonchev–Trinajstić information content (AvgIpc) is 2.47. The maximum atomic E-state index is 5.99. The third-order valence-corrected chi connectivity index (χ3v) is 3.80. The number of rotatable bonds is 5. The van der Waals surface area contributed by atoms with Crippen LogP contribution in [-0.2, 0) is 4.74 Å². The molecule has 4 heteroatoms. The Balaban J connectivity index is 2.71. The van der Waals surface area contributed by atoms with Gasteiger partial charge < -0.3 is 15.4 Å². The van der Waals surface area contributed by atoms with Gasteiger partial charge in [0.05, 0.1) is 12.1 Å². The maximum Gasteiger partial charge on any atom is 0.0660 e. The normalized spacial score (nSPS) is 27.7. The minimum absolute atomic E-state index is 0.0272. The van der Waals surface area contributed by atoms with Gasteiger partial charge in [0, 0.05) is 32.3 Å². The molecule has 1 saturated heterocycles. The molecule has 0 radical (unpaired) electrons. The molecule has 2 unspecified atom stereocenters. The molecule has 1 aliphatic rings. The zero-order valence-corrected chi connectivity index (χ0v) is 11.9. The van der Waals surface area contributed by atoms with Gasteiger partial charge in [0.15, 0.2) is 0 Å². The third kappa shape index (κ3) is 3.91. The predicted octanol–water partition coefficient (Wildman–Crippen LogP) is 0.766. The number of likely N-dealkylation sites (N-methyl/N-ethyl adjacent to an activating group) is 1. The highest BCUT2D eigenvalue weighted by molar-refractivity contribution is 4.92. The van der Waals surface area contributed by atoms with E-state index in [9.17, 15) is 0 Å². The van der Waals surface area contributed by atoms with Crippen LogP contribution < -0.4 is 5.73 Å². The van der Waals surface area contributed by atoms with Crippen molar-refractivity contribution in [1.29, 1.82) is 0 Å². The first-order valence-electron chi connectivity index (χ1n) is 6.76. The Hall–Kier alpha value is -0.160. The molecule has 1 aliphatic heterocycles. The van der Waals surface area contributed by atoms with Gasteiger partial charge in [0.25, 0.3) is 0 Å². The van der Waals surface area contributed by atoms with Crippen molar-refractivity contribution in [1.82, 2.24) is 9.80 Å². The Labute approximate surface area is 106 Å². The second-order valence-electron chi connectivity index (χ2n) is 5.50. The lowest BCUT2D eigenvalue weighted by Crippen LogP contribution is -2.59. The van der Waals surface area contributed by atoms with E-state index in [1.54, 1.807) is 0 Å². The summed E-state index contributed by atoms with van der Waals surface area (Å²) in [6.45, 7) is 12.1. The van der Waals surface area contributed by atoms with Crippen LogP contribution in [0.15, 0.2) is 0 Å². The van der Waals surface area contributed by atoms with Gasteiger partial charge in [0.1, 0.15) is 0 Å². The SMILES string of the molecule is CCOCC(C)(CN)N1CCCN(C)CC1C. The molecule has 0 aromatic carbocycles. The maximum absolute atomic E-state index is 5.99. The van der Waals surface area contributed by atoms with Gasteiger partial charge in [-0.15, -0.1) is 0 Å². The molecule has 102 valence electrons. The monoisotopic (exact) mass is 243 g/mol. The predicted molar refractivity (Wildman–Crippen MR) is 72.2 cm³/mol. The summed E-state index contributed by atoms with van der Waals surface area (Å²) < 4.78 is 5.62. The Morgan fingerprint density at radius 1 is 1.41 bits per heavy atom. The van der Waals surface area contributed by atoms with Crippen LogP contribution >= 0.6 is 0 Å². The number of hydrogen-bond donors (Lipinski definition) is 1. The molecule has 0 amide bonds. The Kier molecular flexibility index (Phi) is 5.86. The second-order valence-corrected chi connectivity index (χ2v) is 5.50. The minimum Gasteiger partial charge on any atom is -0.380 e. The molecule has 1 rings (SSSR count). The van der Waals surface area contributed by atoms with E-state index in [1.807, 2.05) is 6.92 Å². The van der Waals surface area contributed by atoms with Crippen LogP contribution in [0.25, 0.3) is 0 Å². The fraction of sp³-hybridized carbons (Fsp3) is 1.00. The molecule has 2 atom stereocenters. The lowest BCUT2D eigenvalue weighted by Gasteiger charge is -2.43. The Bertz CT molecular complexity index is 225. The summed E-state index contributed by atoms with van der Waals surface area (Å²) in [5.74, 6) is 0. The first kappa shape index (κ1) is 14.9. The van der Waals surface area contributed by atoms with Gasteiger partial charge in [-0.1, -0.05) is 0 Å². The van der Waals surface area contributed by atoms with Gasteiger partial charge >= 0.3 is 0 Å². The summed E-state index contributed by atoms with van der Waals surface area (Å²) >= 11 is 0. The fourth-order valence-electron chi connectivity index (χ4n) is 2.76. The standard InChI is InChI=1S/C13H29N3O/c1-5-17-11-13(3,10-14)16-8-6-7-15(4)9-12(16)2/h12H,5-11,14H2,1-4H3. The van der Waals surface area contributed by atoms with Crippen molar-refractivity contribution in [3.05, 3.63) is 0 Å². The van der Waals surface area contributed by atoms with E-state index in [1.165, 1.54) is 13.0 Å². The van der Waals surface area contributed by atoms with Crippen LogP contribution in [0, 0.1) is 0 Å². The summed E-state index contributed by atoms with van der Waals surface area (Å²) in [6.07, 6.45) is 1.21. The molecule has 0 spiro atoms. The van der Waals surface area contributed by atoms with E-state index in [0.717, 1.165) is 26.3 Å². The number of nitrogens with two attached hydrogens (primary N) is 1. The molecule has 0 aliphatic carbocycles. The zero-order chi connectivity index (χ0) is 12.9. The van der Waals surface area contributed by atoms with Gasteiger partial charge in [-0.25, -0.2) is 0 Å². The highest BCUT2D eigenvalue weighted by atomic mass is 16.5. The lowest BCUT2D eigenvalue weighted by atomic mass is 9.98. The van der Waals surface area contributed by atoms with Crippen molar-refractivity contribution in [3.8, 4) is 0 Å². The van der Waals surface area contributed by atoms with Crippen molar-refractivity contribution in [2.75, 3.05) is 46.4 Å². The number of hydrogen-bond acceptors (Lipinski definition) is 4. The molecule has 0 bridgehead atoms. The zero-order valence-electron chi connectivity index (χ0n) is 11.9. The Morgan fingerprint density at radius 2 is 2.12 bits per heavy atom. The number of nitrogens with zero attached hydrogens (tertiary/aromatic N) is 2. The van der Waals surface area contributed by atoms with Gasteiger partial charge in [-0.05, 0) is 40.8 Å². The lowest BCUT2D eigenvalue weighted by molar-refractivity contribution is -0.00804. The summed E-state index contributed by atoms with van der Waals surface area (Å²) in [5, 5.41) is 0. The molecular formula is C13H29N3O. The third-order valence-electron chi connectivity index (χ3n) is 3.80. The summed E-state index contributed by atoms with van der Waals surface area (Å²) in [4.78, 5) is 4.94. The second kappa shape index (κ2) is 6.69. The minimum atomic E-state index is -0.0272. The number of ether oxygens (including phenoxy) is 1. The van der Waals surface area contributed by atoms with Crippen LogP contribution in [0.2, 0.25) is 0 Å². The van der Waals surface area contributed by atoms with Crippen LogP contribution in [0.1, 0.15) is 27.2 Å². The van der Waals surface area contributed by atoms with Gasteiger partial charge in [0.2, 0.25) is 0 Å². The van der Waals surface area contributed by atoms with Crippen LogP contribution in [0.5, 0.6) is 0 Å². The van der Waals surface area contributed by atoms with Crippen molar-refractivity contribution in [2.45, 2.75) is 38.8 Å². The molecule has 0 aromatic rings. The molecule has 0 aromatic heterocycles. The summed E-state index contributed by atoms with van der Waals surface area (Å²) in [7, 11) is 2.20.